The minimum absolute atomic E-state index is 0.426. The van der Waals surface area contributed by atoms with Crippen LogP contribution < -0.4 is 0 Å². The van der Waals surface area contributed by atoms with E-state index in [9.17, 15) is 9.90 Å². The zero-order valence-corrected chi connectivity index (χ0v) is 9.50. The number of rotatable bonds is 2. The lowest BCUT2D eigenvalue weighted by atomic mass is 10.0. The standard InChI is InChI=1S/C10H11BrO3/c1-5-3-4-7(6(2)8(5)11)9(12)10(13)14/h3-4,9,12H,1-2H3,(H,13,14). The van der Waals surface area contributed by atoms with E-state index in [1.807, 2.05) is 6.92 Å². The van der Waals surface area contributed by atoms with Crippen molar-refractivity contribution in [3.8, 4) is 0 Å². The maximum Gasteiger partial charge on any atom is 0.337 e. The van der Waals surface area contributed by atoms with Crippen molar-refractivity contribution in [1.82, 2.24) is 0 Å². The summed E-state index contributed by atoms with van der Waals surface area (Å²) >= 11 is 3.34. The van der Waals surface area contributed by atoms with E-state index in [-0.39, 0.29) is 0 Å². The van der Waals surface area contributed by atoms with Gasteiger partial charge in [-0.2, -0.15) is 0 Å². The predicted octanol–water partition coefficient (Wildman–Crippen LogP) is 2.18. The Labute approximate surface area is 90.5 Å². The summed E-state index contributed by atoms with van der Waals surface area (Å²) in [6, 6.07) is 3.41. The number of aliphatic hydroxyl groups excluding tert-OH is 1. The van der Waals surface area contributed by atoms with Gasteiger partial charge in [0.25, 0.3) is 0 Å². The van der Waals surface area contributed by atoms with Crippen LogP contribution in [0.15, 0.2) is 16.6 Å². The lowest BCUT2D eigenvalue weighted by Gasteiger charge is -2.12. The van der Waals surface area contributed by atoms with E-state index in [1.165, 1.54) is 0 Å². The molecule has 0 bridgehead atoms. The number of carboxylic acids is 1. The van der Waals surface area contributed by atoms with Crippen LogP contribution in [0.25, 0.3) is 0 Å². The molecular weight excluding hydrogens is 248 g/mol. The van der Waals surface area contributed by atoms with Crippen LogP contribution in [0.5, 0.6) is 0 Å². The van der Waals surface area contributed by atoms with Gasteiger partial charge in [-0.3, -0.25) is 0 Å². The van der Waals surface area contributed by atoms with E-state index in [0.29, 0.717) is 5.56 Å². The summed E-state index contributed by atoms with van der Waals surface area (Å²) in [5.41, 5.74) is 2.21. The average molecular weight is 259 g/mol. The lowest BCUT2D eigenvalue weighted by Crippen LogP contribution is -2.12. The molecule has 1 aromatic rings. The average Bonchev–Trinajstić information content (AvgIpc) is 2.13. The summed E-state index contributed by atoms with van der Waals surface area (Å²) in [7, 11) is 0. The Balaban J connectivity index is 3.24. The second kappa shape index (κ2) is 4.11. The monoisotopic (exact) mass is 258 g/mol. The molecule has 76 valence electrons. The maximum atomic E-state index is 10.6. The molecule has 0 spiro atoms. The minimum Gasteiger partial charge on any atom is -0.479 e. The molecule has 4 heteroatoms. The number of benzene rings is 1. The van der Waals surface area contributed by atoms with Gasteiger partial charge >= 0.3 is 5.97 Å². The van der Waals surface area contributed by atoms with Crippen LogP contribution in [0.3, 0.4) is 0 Å². The van der Waals surface area contributed by atoms with Crippen LogP contribution in [-0.4, -0.2) is 16.2 Å². The molecule has 1 rings (SSSR count). The Kier molecular flexibility index (Phi) is 3.29. The van der Waals surface area contributed by atoms with Crippen molar-refractivity contribution in [3.63, 3.8) is 0 Å². The maximum absolute atomic E-state index is 10.6. The highest BCUT2D eigenvalue weighted by Crippen LogP contribution is 2.27. The van der Waals surface area contributed by atoms with Crippen molar-refractivity contribution < 1.29 is 15.0 Å². The van der Waals surface area contributed by atoms with Gasteiger partial charge in [-0.1, -0.05) is 28.1 Å². The first-order chi connectivity index (χ1) is 6.45. The number of carbonyl (C=O) groups is 1. The molecule has 0 fully saturated rings. The van der Waals surface area contributed by atoms with Crippen LogP contribution in [0.1, 0.15) is 22.8 Å². The van der Waals surface area contributed by atoms with E-state index < -0.39 is 12.1 Å². The highest BCUT2D eigenvalue weighted by atomic mass is 79.9. The lowest BCUT2D eigenvalue weighted by molar-refractivity contribution is -0.147. The van der Waals surface area contributed by atoms with Gasteiger partial charge in [0.1, 0.15) is 0 Å². The van der Waals surface area contributed by atoms with Crippen LogP contribution >= 0.6 is 15.9 Å². The topological polar surface area (TPSA) is 57.5 Å². The van der Waals surface area contributed by atoms with Gasteiger partial charge < -0.3 is 10.2 Å². The molecule has 0 heterocycles. The fourth-order valence-electron chi connectivity index (χ4n) is 1.26. The number of aryl methyl sites for hydroxylation is 1. The molecule has 0 aromatic heterocycles. The molecule has 0 saturated heterocycles. The van der Waals surface area contributed by atoms with Gasteiger partial charge in [-0.15, -0.1) is 0 Å². The zero-order valence-electron chi connectivity index (χ0n) is 7.91. The quantitative estimate of drug-likeness (QED) is 0.855. The number of aliphatic carboxylic acids is 1. The summed E-state index contributed by atoms with van der Waals surface area (Å²) < 4.78 is 0.843. The molecule has 0 saturated carbocycles. The molecule has 0 amide bonds. The second-order valence-electron chi connectivity index (χ2n) is 3.15. The third-order valence-corrected chi connectivity index (χ3v) is 3.37. The van der Waals surface area contributed by atoms with Gasteiger partial charge in [0.15, 0.2) is 6.10 Å². The van der Waals surface area contributed by atoms with Gasteiger partial charge in [0.2, 0.25) is 0 Å². The first kappa shape index (κ1) is 11.2. The molecule has 1 aromatic carbocycles. The summed E-state index contributed by atoms with van der Waals surface area (Å²) in [5.74, 6) is -1.23. The Bertz CT molecular complexity index is 374. The van der Waals surface area contributed by atoms with Gasteiger partial charge in [0.05, 0.1) is 0 Å². The SMILES string of the molecule is Cc1ccc(C(O)C(=O)O)c(C)c1Br. The van der Waals surface area contributed by atoms with E-state index in [2.05, 4.69) is 15.9 Å². The molecule has 0 radical (unpaired) electrons. The highest BCUT2D eigenvalue weighted by molar-refractivity contribution is 9.10. The van der Waals surface area contributed by atoms with Gasteiger partial charge in [0, 0.05) is 4.47 Å². The predicted molar refractivity (Wildman–Crippen MR) is 56.2 cm³/mol. The largest absolute Gasteiger partial charge is 0.479 e. The zero-order chi connectivity index (χ0) is 10.9. The summed E-state index contributed by atoms with van der Waals surface area (Å²) in [6.07, 6.45) is -1.45. The number of hydrogen-bond donors (Lipinski definition) is 2. The van der Waals surface area contributed by atoms with Crippen LogP contribution in [0, 0.1) is 13.8 Å². The summed E-state index contributed by atoms with van der Waals surface area (Å²) in [6.45, 7) is 3.69. The molecule has 1 unspecified atom stereocenters. The van der Waals surface area contributed by atoms with Crippen LogP contribution in [-0.2, 0) is 4.79 Å². The summed E-state index contributed by atoms with van der Waals surface area (Å²) in [4.78, 5) is 10.6. The van der Waals surface area contributed by atoms with Crippen molar-refractivity contribution in [3.05, 3.63) is 33.3 Å². The van der Waals surface area contributed by atoms with Gasteiger partial charge in [-0.05, 0) is 30.5 Å². The van der Waals surface area contributed by atoms with E-state index >= 15 is 0 Å². The van der Waals surface area contributed by atoms with Crippen molar-refractivity contribution in [2.45, 2.75) is 20.0 Å². The smallest absolute Gasteiger partial charge is 0.337 e. The number of halogens is 1. The minimum atomic E-state index is -1.45. The number of hydrogen-bond acceptors (Lipinski definition) is 2. The van der Waals surface area contributed by atoms with Gasteiger partial charge in [-0.25, -0.2) is 4.79 Å². The normalized spacial score (nSPS) is 12.6. The Hall–Kier alpha value is -0.870. The van der Waals surface area contributed by atoms with Crippen molar-refractivity contribution in [2.24, 2.45) is 0 Å². The molecule has 14 heavy (non-hydrogen) atoms. The molecule has 0 aliphatic carbocycles. The van der Waals surface area contributed by atoms with Crippen molar-refractivity contribution >= 4 is 21.9 Å². The molecular formula is C10H11BrO3. The first-order valence-electron chi connectivity index (χ1n) is 4.11. The van der Waals surface area contributed by atoms with Crippen LogP contribution in [0.4, 0.5) is 0 Å². The first-order valence-corrected chi connectivity index (χ1v) is 4.91. The van der Waals surface area contributed by atoms with E-state index in [0.717, 1.165) is 15.6 Å². The number of carboxylic acid groups (broad SMARTS) is 1. The Morgan fingerprint density at radius 2 is 2.00 bits per heavy atom. The molecule has 0 aliphatic rings. The summed E-state index contributed by atoms with van der Waals surface area (Å²) in [5, 5.41) is 18.0. The molecule has 3 nitrogen and oxygen atoms in total. The van der Waals surface area contributed by atoms with E-state index in [1.54, 1.807) is 19.1 Å². The highest BCUT2D eigenvalue weighted by Gasteiger charge is 2.19. The fourth-order valence-corrected chi connectivity index (χ4v) is 1.63. The van der Waals surface area contributed by atoms with E-state index in [4.69, 9.17) is 5.11 Å². The third kappa shape index (κ3) is 1.96. The Morgan fingerprint density at radius 3 is 2.50 bits per heavy atom. The third-order valence-electron chi connectivity index (χ3n) is 2.15. The molecule has 0 aliphatic heterocycles. The second-order valence-corrected chi connectivity index (χ2v) is 3.94. The molecule has 2 N–H and O–H groups in total. The van der Waals surface area contributed by atoms with Crippen LogP contribution in [0.2, 0.25) is 0 Å². The van der Waals surface area contributed by atoms with Crippen molar-refractivity contribution in [1.29, 1.82) is 0 Å². The fraction of sp³-hybridized carbons (Fsp3) is 0.300. The number of aliphatic hydroxyl groups is 1. The Morgan fingerprint density at radius 1 is 1.43 bits per heavy atom. The van der Waals surface area contributed by atoms with Crippen molar-refractivity contribution in [2.75, 3.05) is 0 Å². The molecule has 1 atom stereocenters.